The third-order valence-electron chi connectivity index (χ3n) is 3.63. The summed E-state index contributed by atoms with van der Waals surface area (Å²) in [5.74, 6) is -0.110. The fraction of sp³-hybridized carbons (Fsp3) is 0.211. The van der Waals surface area contributed by atoms with Crippen molar-refractivity contribution in [2.45, 2.75) is 24.2 Å². The van der Waals surface area contributed by atoms with E-state index in [4.69, 9.17) is 9.15 Å². The van der Waals surface area contributed by atoms with Gasteiger partial charge in [-0.1, -0.05) is 12.1 Å². The summed E-state index contributed by atoms with van der Waals surface area (Å²) in [5.41, 5.74) is 1.68. The number of methoxy groups -OCH3 is 1. The van der Waals surface area contributed by atoms with Gasteiger partial charge in [0.15, 0.2) is 12.4 Å². The molecule has 8 heteroatoms. The van der Waals surface area contributed by atoms with Crippen LogP contribution >= 0.6 is 23.1 Å². The first-order chi connectivity index (χ1) is 13.1. The molecule has 27 heavy (non-hydrogen) atoms. The summed E-state index contributed by atoms with van der Waals surface area (Å²) in [6.07, 6.45) is 1.36. The van der Waals surface area contributed by atoms with E-state index in [0.29, 0.717) is 11.3 Å². The highest BCUT2D eigenvalue weighted by molar-refractivity contribution is 7.98. The molecule has 140 valence electrons. The number of nitrogens with zero attached hydrogens (tertiary/aromatic N) is 1. The van der Waals surface area contributed by atoms with Gasteiger partial charge in [-0.05, 0) is 25.1 Å². The Morgan fingerprint density at radius 1 is 1.19 bits per heavy atom. The maximum absolute atomic E-state index is 12.5. The van der Waals surface area contributed by atoms with Crippen molar-refractivity contribution in [3.63, 3.8) is 0 Å². The lowest BCUT2D eigenvalue weighted by molar-refractivity contribution is 0.0428. The fourth-order valence-electron chi connectivity index (χ4n) is 2.34. The second kappa shape index (κ2) is 8.88. The van der Waals surface area contributed by atoms with Crippen molar-refractivity contribution in [2.24, 2.45) is 0 Å². The number of rotatable bonds is 7. The highest BCUT2D eigenvalue weighted by Crippen LogP contribution is 2.27. The molecular weight excluding hydrogens is 386 g/mol. The van der Waals surface area contributed by atoms with Crippen molar-refractivity contribution in [1.29, 1.82) is 0 Å². The Balaban J connectivity index is 1.66. The molecule has 0 saturated heterocycles. The van der Waals surface area contributed by atoms with Crippen LogP contribution in [0.2, 0.25) is 0 Å². The second-order valence-corrected chi connectivity index (χ2v) is 7.55. The smallest absolute Gasteiger partial charge is 0.341 e. The molecule has 0 fully saturated rings. The average Bonchev–Trinajstić information content (AvgIpc) is 3.32. The van der Waals surface area contributed by atoms with E-state index >= 15 is 0 Å². The lowest BCUT2D eigenvalue weighted by atomic mass is 10.2. The lowest BCUT2D eigenvalue weighted by Gasteiger charge is -2.09. The highest BCUT2D eigenvalue weighted by atomic mass is 32.2. The molecule has 3 aromatic rings. The Morgan fingerprint density at radius 2 is 2.00 bits per heavy atom. The van der Waals surface area contributed by atoms with E-state index in [1.807, 2.05) is 24.4 Å². The monoisotopic (exact) mass is 403 g/mol. The zero-order valence-corrected chi connectivity index (χ0v) is 16.4. The van der Waals surface area contributed by atoms with Gasteiger partial charge in [0.2, 0.25) is 0 Å². The zero-order chi connectivity index (χ0) is 19.2. The van der Waals surface area contributed by atoms with Gasteiger partial charge in [-0.25, -0.2) is 14.6 Å². The molecule has 3 rings (SSSR count). The topological polar surface area (TPSA) is 78.6 Å². The molecule has 0 amide bonds. The number of carbonyl (C=O) groups excluding carboxylic acids is 2. The molecule has 0 spiro atoms. The fourth-order valence-corrected chi connectivity index (χ4v) is 3.99. The number of benzene rings is 1. The van der Waals surface area contributed by atoms with Gasteiger partial charge in [0.1, 0.15) is 5.56 Å². The Kier molecular flexibility index (Phi) is 6.31. The van der Waals surface area contributed by atoms with Crippen LogP contribution in [0.4, 0.5) is 0 Å². The van der Waals surface area contributed by atoms with E-state index in [2.05, 4.69) is 9.72 Å². The number of hydrogen-bond donors (Lipinski definition) is 0. The molecule has 2 heterocycles. The molecule has 2 aromatic heterocycles. The van der Waals surface area contributed by atoms with Gasteiger partial charge in [0.05, 0.1) is 29.6 Å². The molecule has 1 aromatic carbocycles. The number of carbonyl (C=O) groups is 2. The number of thioether (sulfide) groups is 1. The molecule has 0 aliphatic heterocycles. The van der Waals surface area contributed by atoms with E-state index in [9.17, 15) is 9.59 Å². The summed E-state index contributed by atoms with van der Waals surface area (Å²) in [7, 11) is 1.28. The SMILES string of the molecule is COC(=O)c1ccoc1COC(=O)c1ccccc1SCc1csc(C)n1. The third kappa shape index (κ3) is 4.78. The number of ether oxygens (including phenoxy) is 2. The minimum atomic E-state index is -0.538. The third-order valence-corrected chi connectivity index (χ3v) is 5.56. The summed E-state index contributed by atoms with van der Waals surface area (Å²) in [6.45, 7) is 1.81. The van der Waals surface area contributed by atoms with Crippen molar-refractivity contribution in [3.8, 4) is 0 Å². The molecule has 0 saturated carbocycles. The predicted octanol–water partition coefficient (Wildman–Crippen LogP) is 4.48. The molecule has 0 unspecified atom stereocenters. The number of furan rings is 1. The highest BCUT2D eigenvalue weighted by Gasteiger charge is 2.18. The number of hydrogen-bond acceptors (Lipinski definition) is 8. The van der Waals surface area contributed by atoms with Gasteiger partial charge in [-0.3, -0.25) is 0 Å². The molecule has 0 atom stereocenters. The van der Waals surface area contributed by atoms with Crippen molar-refractivity contribution < 1.29 is 23.5 Å². The van der Waals surface area contributed by atoms with Gasteiger partial charge < -0.3 is 13.9 Å². The summed E-state index contributed by atoms with van der Waals surface area (Å²) in [6, 6.07) is 8.70. The molecular formula is C19H17NO5S2. The summed E-state index contributed by atoms with van der Waals surface area (Å²) in [5, 5.41) is 3.02. The molecule has 0 radical (unpaired) electrons. The zero-order valence-electron chi connectivity index (χ0n) is 14.8. The van der Waals surface area contributed by atoms with Gasteiger partial charge in [0.25, 0.3) is 0 Å². The quantitative estimate of drug-likeness (QED) is 0.425. The van der Waals surface area contributed by atoms with Gasteiger partial charge in [-0.15, -0.1) is 23.1 Å². The number of esters is 2. The van der Waals surface area contributed by atoms with Crippen LogP contribution in [0.25, 0.3) is 0 Å². The van der Waals surface area contributed by atoms with E-state index in [0.717, 1.165) is 15.6 Å². The molecule has 0 N–H and O–H groups in total. The van der Waals surface area contributed by atoms with Crippen LogP contribution in [0, 0.1) is 6.92 Å². The number of aryl methyl sites for hydroxylation is 1. The number of thiazole rings is 1. The van der Waals surface area contributed by atoms with Gasteiger partial charge in [0, 0.05) is 16.0 Å². The van der Waals surface area contributed by atoms with Crippen LogP contribution in [0.3, 0.4) is 0 Å². The van der Waals surface area contributed by atoms with Crippen LogP contribution in [-0.4, -0.2) is 24.0 Å². The molecule has 0 aliphatic carbocycles. The maximum atomic E-state index is 12.5. The van der Waals surface area contributed by atoms with Gasteiger partial charge >= 0.3 is 11.9 Å². The Morgan fingerprint density at radius 3 is 2.74 bits per heavy atom. The summed E-state index contributed by atoms with van der Waals surface area (Å²) < 4.78 is 15.2. The maximum Gasteiger partial charge on any atom is 0.341 e. The van der Waals surface area contributed by atoms with Gasteiger partial charge in [-0.2, -0.15) is 0 Å². The van der Waals surface area contributed by atoms with E-state index in [-0.39, 0.29) is 17.9 Å². The van der Waals surface area contributed by atoms with Crippen LogP contribution in [0.15, 0.2) is 51.3 Å². The predicted molar refractivity (Wildman–Crippen MR) is 102 cm³/mol. The Labute approximate surface area is 164 Å². The largest absolute Gasteiger partial charge is 0.465 e. The molecule has 0 aliphatic rings. The van der Waals surface area contributed by atoms with E-state index in [1.54, 1.807) is 23.5 Å². The van der Waals surface area contributed by atoms with E-state index in [1.165, 1.54) is 31.2 Å². The molecule has 0 bridgehead atoms. The van der Waals surface area contributed by atoms with Crippen LogP contribution in [-0.2, 0) is 21.8 Å². The summed E-state index contributed by atoms with van der Waals surface area (Å²) in [4.78, 5) is 29.4. The van der Waals surface area contributed by atoms with Crippen LogP contribution < -0.4 is 0 Å². The van der Waals surface area contributed by atoms with Crippen molar-refractivity contribution >= 4 is 35.0 Å². The van der Waals surface area contributed by atoms with Crippen molar-refractivity contribution in [1.82, 2.24) is 4.98 Å². The van der Waals surface area contributed by atoms with Crippen molar-refractivity contribution in [2.75, 3.05) is 7.11 Å². The Bertz CT molecular complexity index is 947. The minimum Gasteiger partial charge on any atom is -0.465 e. The second-order valence-electron chi connectivity index (χ2n) is 5.47. The average molecular weight is 403 g/mol. The first kappa shape index (κ1) is 19.2. The lowest BCUT2D eigenvalue weighted by Crippen LogP contribution is -2.09. The minimum absolute atomic E-state index is 0.152. The van der Waals surface area contributed by atoms with Crippen LogP contribution in [0.5, 0.6) is 0 Å². The van der Waals surface area contributed by atoms with Crippen molar-refractivity contribution in [3.05, 3.63) is 69.6 Å². The standard InChI is InChI=1S/C19H17NO5S2/c1-12-20-13(10-26-12)11-27-17-6-4-3-5-15(17)19(22)25-9-16-14(7-8-24-16)18(21)23-2/h3-8,10H,9,11H2,1-2H3. The first-order valence-electron chi connectivity index (χ1n) is 8.03. The normalized spacial score (nSPS) is 10.6. The van der Waals surface area contributed by atoms with E-state index < -0.39 is 11.9 Å². The van der Waals surface area contributed by atoms with Crippen LogP contribution in [0.1, 0.15) is 37.2 Å². The summed E-state index contributed by atoms with van der Waals surface area (Å²) >= 11 is 3.12. The Hall–Kier alpha value is -2.58. The number of aromatic nitrogens is 1. The first-order valence-corrected chi connectivity index (χ1v) is 9.89. The molecule has 6 nitrogen and oxygen atoms in total.